The molecule has 2 nitrogen and oxygen atoms in total. The summed E-state index contributed by atoms with van der Waals surface area (Å²) in [5.41, 5.74) is 4.21. The van der Waals surface area contributed by atoms with Gasteiger partial charge >= 0.3 is 0 Å². The van der Waals surface area contributed by atoms with Gasteiger partial charge < -0.3 is 4.40 Å². The Hall–Kier alpha value is -2.17. The highest BCUT2D eigenvalue weighted by molar-refractivity contribution is 9.10. The Balaban J connectivity index is 1.68. The van der Waals surface area contributed by atoms with Crippen molar-refractivity contribution in [2.75, 3.05) is 0 Å². The second kappa shape index (κ2) is 6.14. The monoisotopic (exact) mass is 380 g/mol. The highest BCUT2D eigenvalue weighted by Gasteiger charge is 2.04. The molecule has 1 aromatic carbocycles. The first-order valence-electron chi connectivity index (χ1n) is 7.24. The molecule has 0 unspecified atom stereocenters. The van der Waals surface area contributed by atoms with Crippen molar-refractivity contribution < 1.29 is 0 Å². The molecule has 112 valence electrons. The Morgan fingerprint density at radius 1 is 1.04 bits per heavy atom. The lowest BCUT2D eigenvalue weighted by Crippen LogP contribution is -1.82. The van der Waals surface area contributed by atoms with Crippen LogP contribution < -0.4 is 0 Å². The molecular weight excluding hydrogens is 368 g/mol. The van der Waals surface area contributed by atoms with Crippen LogP contribution in [0.5, 0.6) is 0 Å². The molecule has 0 spiro atoms. The maximum atomic E-state index is 4.73. The van der Waals surface area contributed by atoms with Gasteiger partial charge in [0, 0.05) is 27.3 Å². The van der Waals surface area contributed by atoms with Crippen molar-refractivity contribution in [3.8, 4) is 11.3 Å². The fraction of sp³-hybridized carbons (Fsp3) is 0. The zero-order valence-electron chi connectivity index (χ0n) is 12.2. The van der Waals surface area contributed by atoms with E-state index in [1.54, 1.807) is 11.3 Å². The van der Waals surface area contributed by atoms with Crippen LogP contribution in [0, 0.1) is 0 Å². The number of thiophene rings is 1. The van der Waals surface area contributed by atoms with Gasteiger partial charge in [-0.1, -0.05) is 40.2 Å². The average molecular weight is 381 g/mol. The van der Waals surface area contributed by atoms with E-state index in [9.17, 15) is 0 Å². The molecule has 0 bridgehead atoms. The molecule has 0 atom stereocenters. The molecule has 0 saturated carbocycles. The molecule has 3 heterocycles. The number of nitrogens with zero attached hydrogens (tertiary/aromatic N) is 2. The van der Waals surface area contributed by atoms with Crippen molar-refractivity contribution in [2.24, 2.45) is 0 Å². The van der Waals surface area contributed by atoms with Gasteiger partial charge in [-0.2, -0.15) is 0 Å². The van der Waals surface area contributed by atoms with E-state index in [1.807, 2.05) is 12.1 Å². The number of imidazole rings is 1. The number of aromatic nitrogens is 2. The van der Waals surface area contributed by atoms with Crippen LogP contribution in [0.1, 0.15) is 10.4 Å². The summed E-state index contributed by atoms with van der Waals surface area (Å²) in [6.07, 6.45) is 8.37. The number of halogens is 1. The van der Waals surface area contributed by atoms with Crippen molar-refractivity contribution in [1.29, 1.82) is 0 Å². The number of hydrogen-bond donors (Lipinski definition) is 0. The van der Waals surface area contributed by atoms with E-state index in [2.05, 4.69) is 86.7 Å². The van der Waals surface area contributed by atoms with Crippen LogP contribution in [0.4, 0.5) is 0 Å². The van der Waals surface area contributed by atoms with Crippen LogP contribution in [0.15, 0.2) is 70.8 Å². The van der Waals surface area contributed by atoms with Crippen LogP contribution in [-0.2, 0) is 0 Å². The number of pyridine rings is 1. The van der Waals surface area contributed by atoms with Gasteiger partial charge in [-0.15, -0.1) is 11.3 Å². The molecular formula is C19H13BrN2S. The Kier molecular flexibility index (Phi) is 3.85. The predicted octanol–water partition coefficient (Wildman–Crippen LogP) is 6.00. The number of hydrogen-bond acceptors (Lipinski definition) is 2. The van der Waals surface area contributed by atoms with Crippen molar-refractivity contribution >= 4 is 45.1 Å². The Morgan fingerprint density at radius 3 is 2.70 bits per heavy atom. The van der Waals surface area contributed by atoms with E-state index in [-0.39, 0.29) is 0 Å². The highest BCUT2D eigenvalue weighted by atomic mass is 79.9. The molecule has 0 aliphatic rings. The standard InChI is InChI=1S/C19H13BrN2S/c20-16-6-4-15(5-7-16)18-13-22-10-9-14(12-19(22)21-18)3-8-17-2-1-11-23-17/h1-13H/b8-3+. The minimum absolute atomic E-state index is 0.955. The quantitative estimate of drug-likeness (QED) is 0.426. The number of benzene rings is 1. The second-order valence-electron chi connectivity index (χ2n) is 5.21. The molecule has 0 fully saturated rings. The van der Waals surface area contributed by atoms with Crippen LogP contribution in [0.2, 0.25) is 0 Å². The minimum atomic E-state index is 0.955. The fourth-order valence-corrected chi connectivity index (χ4v) is 3.31. The van der Waals surface area contributed by atoms with Crippen molar-refractivity contribution in [2.45, 2.75) is 0 Å². The van der Waals surface area contributed by atoms with Gasteiger partial charge in [0.05, 0.1) is 5.69 Å². The van der Waals surface area contributed by atoms with Gasteiger partial charge in [0.15, 0.2) is 0 Å². The summed E-state index contributed by atoms with van der Waals surface area (Å²) in [6.45, 7) is 0. The molecule has 0 saturated heterocycles. The van der Waals surface area contributed by atoms with E-state index in [1.165, 1.54) is 4.88 Å². The summed E-state index contributed by atoms with van der Waals surface area (Å²) in [5, 5.41) is 2.09. The lowest BCUT2D eigenvalue weighted by molar-refractivity contribution is 1.18. The van der Waals surface area contributed by atoms with Crippen molar-refractivity contribution in [1.82, 2.24) is 9.38 Å². The molecule has 0 aliphatic carbocycles. The molecule has 4 aromatic rings. The summed E-state index contributed by atoms with van der Waals surface area (Å²) in [4.78, 5) is 5.99. The van der Waals surface area contributed by atoms with Crippen LogP contribution in [-0.4, -0.2) is 9.38 Å². The lowest BCUT2D eigenvalue weighted by Gasteiger charge is -1.95. The van der Waals surface area contributed by atoms with E-state index >= 15 is 0 Å². The fourth-order valence-electron chi connectivity index (χ4n) is 2.43. The number of fused-ring (bicyclic) bond motifs is 1. The smallest absolute Gasteiger partial charge is 0.138 e. The maximum Gasteiger partial charge on any atom is 0.138 e. The van der Waals surface area contributed by atoms with Crippen LogP contribution >= 0.6 is 27.3 Å². The molecule has 4 heteroatoms. The Morgan fingerprint density at radius 2 is 1.91 bits per heavy atom. The first kappa shape index (κ1) is 14.4. The molecule has 0 amide bonds. The van der Waals surface area contributed by atoms with Gasteiger partial charge in [0.1, 0.15) is 5.65 Å². The molecule has 0 aliphatic heterocycles. The third-order valence-corrected chi connectivity index (χ3v) is 4.97. The Labute approximate surface area is 146 Å². The first-order chi connectivity index (χ1) is 11.3. The van der Waals surface area contributed by atoms with E-state index in [4.69, 9.17) is 4.98 Å². The SMILES string of the molecule is Brc1ccc(-c2cn3ccc(/C=C/c4cccs4)cc3n2)cc1. The summed E-state index contributed by atoms with van der Waals surface area (Å²) >= 11 is 5.20. The number of rotatable bonds is 3. The molecule has 3 aromatic heterocycles. The maximum absolute atomic E-state index is 4.73. The van der Waals surface area contributed by atoms with Gasteiger partial charge in [0.25, 0.3) is 0 Å². The molecule has 23 heavy (non-hydrogen) atoms. The van der Waals surface area contributed by atoms with Crippen LogP contribution in [0.25, 0.3) is 29.1 Å². The normalized spacial score (nSPS) is 11.5. The lowest BCUT2D eigenvalue weighted by atomic mass is 10.2. The highest BCUT2D eigenvalue weighted by Crippen LogP contribution is 2.22. The van der Waals surface area contributed by atoms with Gasteiger partial charge in [0.2, 0.25) is 0 Å². The summed E-state index contributed by atoms with van der Waals surface area (Å²) in [6, 6.07) is 16.6. The van der Waals surface area contributed by atoms with Gasteiger partial charge in [-0.3, -0.25) is 0 Å². The minimum Gasteiger partial charge on any atom is -0.306 e. The first-order valence-corrected chi connectivity index (χ1v) is 8.91. The van der Waals surface area contributed by atoms with Crippen molar-refractivity contribution in [3.05, 3.63) is 81.2 Å². The van der Waals surface area contributed by atoms with Crippen LogP contribution in [0.3, 0.4) is 0 Å². The molecule has 0 N–H and O–H groups in total. The Bertz CT molecular complexity index is 966. The second-order valence-corrected chi connectivity index (χ2v) is 7.10. The summed E-state index contributed by atoms with van der Waals surface area (Å²) in [5.74, 6) is 0. The van der Waals surface area contributed by atoms with E-state index in [0.717, 1.165) is 26.9 Å². The topological polar surface area (TPSA) is 17.3 Å². The third kappa shape index (κ3) is 3.14. The summed E-state index contributed by atoms with van der Waals surface area (Å²) in [7, 11) is 0. The van der Waals surface area contributed by atoms with E-state index < -0.39 is 0 Å². The molecule has 0 radical (unpaired) electrons. The zero-order chi connectivity index (χ0) is 15.6. The van der Waals surface area contributed by atoms with Crippen molar-refractivity contribution in [3.63, 3.8) is 0 Å². The predicted molar refractivity (Wildman–Crippen MR) is 102 cm³/mol. The van der Waals surface area contributed by atoms with Gasteiger partial charge in [-0.05, 0) is 47.4 Å². The third-order valence-electron chi connectivity index (χ3n) is 3.61. The summed E-state index contributed by atoms with van der Waals surface area (Å²) < 4.78 is 3.13. The molecule has 4 rings (SSSR count). The average Bonchev–Trinajstić information content (AvgIpc) is 3.22. The zero-order valence-corrected chi connectivity index (χ0v) is 14.6. The van der Waals surface area contributed by atoms with Gasteiger partial charge in [-0.25, -0.2) is 4.98 Å². The van der Waals surface area contributed by atoms with E-state index in [0.29, 0.717) is 0 Å². The largest absolute Gasteiger partial charge is 0.306 e.